The molecule has 1 aromatic carbocycles. The minimum atomic E-state index is -0.552. The van der Waals surface area contributed by atoms with Crippen molar-refractivity contribution in [3.8, 4) is 0 Å². The molecule has 1 aliphatic carbocycles. The van der Waals surface area contributed by atoms with Crippen molar-refractivity contribution in [1.82, 2.24) is 14.8 Å². The van der Waals surface area contributed by atoms with Crippen molar-refractivity contribution >= 4 is 46.1 Å². The molecule has 0 saturated heterocycles. The van der Waals surface area contributed by atoms with Gasteiger partial charge in [-0.1, -0.05) is 12.1 Å². The lowest BCUT2D eigenvalue weighted by Gasteiger charge is -2.28. The van der Waals surface area contributed by atoms with E-state index in [9.17, 15) is 19.2 Å². The summed E-state index contributed by atoms with van der Waals surface area (Å²) in [6.07, 6.45) is 4.21. The normalized spacial score (nSPS) is 16.9. The van der Waals surface area contributed by atoms with Crippen LogP contribution in [0.15, 0.2) is 40.9 Å². The first-order chi connectivity index (χ1) is 18.5. The summed E-state index contributed by atoms with van der Waals surface area (Å²) in [6, 6.07) is 8.75. The van der Waals surface area contributed by atoms with E-state index in [0.717, 1.165) is 11.1 Å². The van der Waals surface area contributed by atoms with Crippen molar-refractivity contribution in [1.29, 1.82) is 0 Å². The molecule has 2 aromatic heterocycles. The lowest BCUT2D eigenvalue weighted by atomic mass is 9.81. The van der Waals surface area contributed by atoms with Gasteiger partial charge in [0, 0.05) is 51.6 Å². The van der Waals surface area contributed by atoms with Crippen LogP contribution in [0.5, 0.6) is 0 Å². The van der Waals surface area contributed by atoms with Crippen LogP contribution in [0.2, 0.25) is 0 Å². The summed E-state index contributed by atoms with van der Waals surface area (Å²) < 4.78 is 5.93. The molecule has 0 unspecified atom stereocenters. The third-order valence-corrected chi connectivity index (χ3v) is 7.10. The van der Waals surface area contributed by atoms with Gasteiger partial charge in [0.25, 0.3) is 5.91 Å². The van der Waals surface area contributed by atoms with Crippen molar-refractivity contribution in [2.24, 2.45) is 11.8 Å². The lowest BCUT2D eigenvalue weighted by Crippen LogP contribution is -2.35. The topological polar surface area (TPSA) is 125 Å². The van der Waals surface area contributed by atoms with Gasteiger partial charge in [0.1, 0.15) is 17.1 Å². The first kappa shape index (κ1) is 27.8. The third-order valence-electron chi connectivity index (χ3n) is 7.10. The molecule has 2 N–H and O–H groups in total. The number of likely N-dealkylation sites (N-methyl/N-ethyl adjacent to an activating group) is 1. The Morgan fingerprint density at radius 3 is 2.23 bits per heavy atom. The average molecular weight is 534 g/mol. The number of aromatic nitrogens is 1. The predicted molar refractivity (Wildman–Crippen MR) is 148 cm³/mol. The van der Waals surface area contributed by atoms with Gasteiger partial charge in [-0.2, -0.15) is 0 Å². The number of benzene rings is 1. The second-order valence-corrected chi connectivity index (χ2v) is 10.5. The van der Waals surface area contributed by atoms with E-state index in [0.29, 0.717) is 42.5 Å². The summed E-state index contributed by atoms with van der Waals surface area (Å²) in [4.78, 5) is 58.7. The molecule has 39 heavy (non-hydrogen) atoms. The maximum Gasteiger partial charge on any atom is 0.294 e. The number of hydrogen-bond donors (Lipinski definition) is 2. The Bertz CT molecular complexity index is 1390. The van der Waals surface area contributed by atoms with Crippen LogP contribution >= 0.6 is 0 Å². The number of aryl methyl sites for hydroxylation is 1. The minimum Gasteiger partial charge on any atom is -0.449 e. The van der Waals surface area contributed by atoms with Gasteiger partial charge in [0.15, 0.2) is 0 Å². The standard InChI is InChI=1S/C29H35N5O5/c1-17-6-13-23(30-16-17)31-28(37)26-25(21-14-18(7-12-22(21)39-26)15-24(35)33(2)3)32-27(36)19-8-10-20(11-9-19)29(38)34(4)5/h6-7,12-14,16,19-20H,8-11,15H2,1-5H3,(H,32,36)(H,30,31,37). The number of furan rings is 1. The summed E-state index contributed by atoms with van der Waals surface area (Å²) >= 11 is 0. The Balaban J connectivity index is 1.62. The van der Waals surface area contributed by atoms with Crippen LogP contribution in [-0.4, -0.2) is 66.6 Å². The Morgan fingerprint density at radius 1 is 0.923 bits per heavy atom. The molecule has 1 aliphatic rings. The highest BCUT2D eigenvalue weighted by molar-refractivity contribution is 6.14. The highest BCUT2D eigenvalue weighted by atomic mass is 16.3. The summed E-state index contributed by atoms with van der Waals surface area (Å²) in [6.45, 7) is 1.90. The molecular weight excluding hydrogens is 498 g/mol. The van der Waals surface area contributed by atoms with Crippen LogP contribution in [0.25, 0.3) is 11.0 Å². The largest absolute Gasteiger partial charge is 0.449 e. The molecule has 0 radical (unpaired) electrons. The van der Waals surface area contributed by atoms with Gasteiger partial charge in [-0.3, -0.25) is 19.2 Å². The molecule has 0 bridgehead atoms. The smallest absolute Gasteiger partial charge is 0.294 e. The van der Waals surface area contributed by atoms with E-state index in [2.05, 4.69) is 15.6 Å². The number of nitrogens with one attached hydrogen (secondary N) is 2. The Hall–Kier alpha value is -4.21. The van der Waals surface area contributed by atoms with E-state index < -0.39 is 5.91 Å². The number of amides is 4. The summed E-state index contributed by atoms with van der Waals surface area (Å²) in [5.41, 5.74) is 2.35. The Labute approximate surface area is 227 Å². The summed E-state index contributed by atoms with van der Waals surface area (Å²) in [5.74, 6) is -0.852. The van der Waals surface area contributed by atoms with Crippen molar-refractivity contribution in [2.75, 3.05) is 38.8 Å². The van der Waals surface area contributed by atoms with Gasteiger partial charge in [-0.15, -0.1) is 0 Å². The van der Waals surface area contributed by atoms with E-state index >= 15 is 0 Å². The zero-order chi connectivity index (χ0) is 28.3. The van der Waals surface area contributed by atoms with Crippen LogP contribution in [0.3, 0.4) is 0 Å². The van der Waals surface area contributed by atoms with Gasteiger partial charge in [0.05, 0.1) is 6.42 Å². The van der Waals surface area contributed by atoms with Gasteiger partial charge in [-0.25, -0.2) is 4.98 Å². The second-order valence-electron chi connectivity index (χ2n) is 10.5. The number of nitrogens with zero attached hydrogens (tertiary/aromatic N) is 3. The predicted octanol–water partition coefficient (Wildman–Crippen LogP) is 3.85. The quantitative estimate of drug-likeness (QED) is 0.475. The summed E-state index contributed by atoms with van der Waals surface area (Å²) in [7, 11) is 6.86. The van der Waals surface area contributed by atoms with E-state index in [-0.39, 0.29) is 47.4 Å². The first-order valence-electron chi connectivity index (χ1n) is 13.0. The van der Waals surface area contributed by atoms with Crippen molar-refractivity contribution in [3.63, 3.8) is 0 Å². The highest BCUT2D eigenvalue weighted by Crippen LogP contribution is 2.35. The molecule has 1 saturated carbocycles. The molecule has 4 amide bonds. The van der Waals surface area contributed by atoms with Crippen molar-refractivity contribution in [2.45, 2.75) is 39.0 Å². The zero-order valence-corrected chi connectivity index (χ0v) is 23.0. The van der Waals surface area contributed by atoms with E-state index in [1.54, 1.807) is 63.6 Å². The van der Waals surface area contributed by atoms with Crippen LogP contribution in [-0.2, 0) is 20.8 Å². The highest BCUT2D eigenvalue weighted by Gasteiger charge is 2.32. The molecule has 3 aromatic rings. The van der Waals surface area contributed by atoms with Gasteiger partial charge in [0.2, 0.25) is 23.5 Å². The van der Waals surface area contributed by atoms with Gasteiger partial charge in [-0.05, 0) is 61.9 Å². The zero-order valence-electron chi connectivity index (χ0n) is 23.0. The fourth-order valence-electron chi connectivity index (χ4n) is 4.78. The van der Waals surface area contributed by atoms with E-state index in [4.69, 9.17) is 4.42 Å². The van der Waals surface area contributed by atoms with Crippen LogP contribution < -0.4 is 10.6 Å². The number of pyridine rings is 1. The van der Waals surface area contributed by atoms with Gasteiger partial charge < -0.3 is 24.9 Å². The number of hydrogen-bond acceptors (Lipinski definition) is 6. The summed E-state index contributed by atoms with van der Waals surface area (Å²) in [5, 5.41) is 6.21. The average Bonchev–Trinajstić information content (AvgIpc) is 3.27. The second kappa shape index (κ2) is 11.7. The Kier molecular flexibility index (Phi) is 8.32. The number of carbonyl (C=O) groups is 4. The molecular formula is C29H35N5O5. The van der Waals surface area contributed by atoms with E-state index in [1.807, 2.05) is 13.0 Å². The molecule has 1 fully saturated rings. The minimum absolute atomic E-state index is 0.0479. The first-order valence-corrected chi connectivity index (χ1v) is 13.0. The number of anilines is 2. The maximum absolute atomic E-state index is 13.4. The molecule has 0 aliphatic heterocycles. The van der Waals surface area contributed by atoms with E-state index in [1.165, 1.54) is 4.90 Å². The lowest BCUT2D eigenvalue weighted by molar-refractivity contribution is -0.135. The fourth-order valence-corrected chi connectivity index (χ4v) is 4.78. The number of rotatable bonds is 7. The maximum atomic E-state index is 13.4. The molecule has 206 valence electrons. The van der Waals surface area contributed by atoms with Crippen LogP contribution in [0.1, 0.15) is 47.4 Å². The van der Waals surface area contributed by atoms with Gasteiger partial charge >= 0.3 is 0 Å². The van der Waals surface area contributed by atoms with Crippen molar-refractivity contribution < 1.29 is 23.6 Å². The van der Waals surface area contributed by atoms with Crippen LogP contribution in [0, 0.1) is 18.8 Å². The molecule has 0 atom stereocenters. The fraction of sp³-hybridized carbons (Fsp3) is 0.414. The van der Waals surface area contributed by atoms with Crippen molar-refractivity contribution in [3.05, 3.63) is 53.4 Å². The molecule has 10 heteroatoms. The molecule has 0 spiro atoms. The third kappa shape index (κ3) is 6.45. The molecule has 2 heterocycles. The Morgan fingerprint density at radius 2 is 1.62 bits per heavy atom. The SMILES string of the molecule is Cc1ccc(NC(=O)c2oc3ccc(CC(=O)N(C)C)cc3c2NC(=O)C2CCC(C(=O)N(C)C)CC2)nc1. The molecule has 4 rings (SSSR count). The number of carbonyl (C=O) groups excluding carboxylic acids is 4. The molecule has 10 nitrogen and oxygen atoms in total. The van der Waals surface area contributed by atoms with Crippen LogP contribution in [0.4, 0.5) is 11.5 Å². The number of fused-ring (bicyclic) bond motifs is 1. The monoisotopic (exact) mass is 533 g/mol.